The predicted molar refractivity (Wildman–Crippen MR) is 62.9 cm³/mol. The van der Waals surface area contributed by atoms with Gasteiger partial charge in [0.1, 0.15) is 0 Å². The van der Waals surface area contributed by atoms with Crippen LogP contribution in [0.25, 0.3) is 0 Å². The molecule has 0 saturated carbocycles. The van der Waals surface area contributed by atoms with Crippen LogP contribution < -0.4 is 0 Å². The monoisotopic (exact) mass is 235 g/mol. The molecule has 1 aromatic heterocycles. The third-order valence-electron chi connectivity index (χ3n) is 3.18. The second kappa shape index (κ2) is 5.23. The number of rotatable bonds is 3. The normalized spacial score (nSPS) is 21.4. The maximum Gasteiger partial charge on any atom is 0.356 e. The Labute approximate surface area is 100 Å². The summed E-state index contributed by atoms with van der Waals surface area (Å²) in [6.45, 7) is 2.14. The molecule has 5 heteroatoms. The van der Waals surface area contributed by atoms with Gasteiger partial charge in [0.25, 0.3) is 0 Å². The molecule has 1 aromatic rings. The summed E-state index contributed by atoms with van der Waals surface area (Å²) in [5.74, 6) is -0.499. The molecule has 5 nitrogen and oxygen atoms in total. The van der Waals surface area contributed by atoms with Crippen molar-refractivity contribution in [2.45, 2.75) is 19.3 Å². The highest BCUT2D eigenvalue weighted by Gasteiger charge is 2.21. The number of hydrogen-bond donors (Lipinski definition) is 1. The Hall–Kier alpha value is -1.49. The van der Waals surface area contributed by atoms with Gasteiger partial charge < -0.3 is 10.0 Å². The molecule has 1 unspecified atom stereocenters. The van der Waals surface area contributed by atoms with Crippen LogP contribution in [0.1, 0.15) is 29.0 Å². The highest BCUT2D eigenvalue weighted by molar-refractivity contribution is 5.86. The smallest absolute Gasteiger partial charge is 0.356 e. The van der Waals surface area contributed by atoms with Crippen LogP contribution in [0, 0.1) is 5.92 Å². The minimum Gasteiger partial charge on any atom is -0.476 e. The van der Waals surface area contributed by atoms with Crippen LogP contribution in [0.2, 0.25) is 0 Å². The Bertz CT molecular complexity index is 408. The zero-order chi connectivity index (χ0) is 12.3. The summed E-state index contributed by atoms with van der Waals surface area (Å²) >= 11 is 0. The van der Waals surface area contributed by atoms with Gasteiger partial charge in [-0.3, -0.25) is 4.98 Å². The van der Waals surface area contributed by atoms with Crippen molar-refractivity contribution in [3.05, 3.63) is 23.8 Å². The number of piperidine rings is 1. The summed E-state index contributed by atoms with van der Waals surface area (Å²) in [6, 6.07) is 0. The van der Waals surface area contributed by atoms with E-state index >= 15 is 0 Å². The largest absolute Gasteiger partial charge is 0.476 e. The van der Waals surface area contributed by atoms with Crippen molar-refractivity contribution < 1.29 is 9.90 Å². The molecule has 1 atom stereocenters. The van der Waals surface area contributed by atoms with Crippen molar-refractivity contribution in [1.82, 2.24) is 14.9 Å². The fourth-order valence-corrected chi connectivity index (χ4v) is 2.41. The topological polar surface area (TPSA) is 66.3 Å². The van der Waals surface area contributed by atoms with E-state index in [1.807, 2.05) is 0 Å². The van der Waals surface area contributed by atoms with Crippen LogP contribution >= 0.6 is 0 Å². The number of aromatic nitrogens is 2. The summed E-state index contributed by atoms with van der Waals surface area (Å²) < 4.78 is 0. The Morgan fingerprint density at radius 2 is 2.29 bits per heavy atom. The van der Waals surface area contributed by atoms with Gasteiger partial charge in [-0.2, -0.15) is 0 Å². The highest BCUT2D eigenvalue weighted by atomic mass is 16.4. The molecule has 0 radical (unpaired) electrons. The lowest BCUT2D eigenvalue weighted by Gasteiger charge is -2.29. The van der Waals surface area contributed by atoms with Crippen LogP contribution in [-0.4, -0.2) is 46.1 Å². The van der Waals surface area contributed by atoms with Crippen molar-refractivity contribution in [2.24, 2.45) is 5.92 Å². The predicted octanol–water partition coefficient (Wildman–Crippen LogP) is 1.06. The van der Waals surface area contributed by atoms with E-state index in [0.29, 0.717) is 18.0 Å². The lowest BCUT2D eigenvalue weighted by molar-refractivity contribution is 0.0687. The molecule has 0 amide bonds. The van der Waals surface area contributed by atoms with Gasteiger partial charge in [-0.1, -0.05) is 0 Å². The molecule has 0 aromatic carbocycles. The number of carboxylic acids is 1. The Kier molecular flexibility index (Phi) is 3.68. The van der Waals surface area contributed by atoms with Crippen LogP contribution in [0.15, 0.2) is 12.4 Å². The van der Waals surface area contributed by atoms with E-state index in [4.69, 9.17) is 5.11 Å². The van der Waals surface area contributed by atoms with Crippen molar-refractivity contribution in [2.75, 3.05) is 20.1 Å². The van der Waals surface area contributed by atoms with Gasteiger partial charge in [0.15, 0.2) is 5.69 Å². The summed E-state index contributed by atoms with van der Waals surface area (Å²) in [7, 11) is 2.10. The third-order valence-corrected chi connectivity index (χ3v) is 3.18. The first kappa shape index (κ1) is 12.0. The number of carboxylic acid groups (broad SMARTS) is 1. The average Bonchev–Trinajstić information content (AvgIpc) is 2.29. The quantitative estimate of drug-likeness (QED) is 0.848. The molecule has 1 fully saturated rings. The number of aromatic carboxylic acids is 1. The van der Waals surface area contributed by atoms with Crippen LogP contribution in [0.3, 0.4) is 0 Å². The standard InChI is InChI=1S/C12H17N3O2/c1-15-6-2-3-9(8-15)7-10-11(12(16)17)14-5-4-13-10/h4-5,9H,2-3,6-8H2,1H3,(H,16,17). The minimum atomic E-state index is -0.989. The number of carbonyl (C=O) groups is 1. The maximum atomic E-state index is 11.0. The van der Waals surface area contributed by atoms with E-state index in [1.54, 1.807) is 6.20 Å². The average molecular weight is 235 g/mol. The molecule has 2 rings (SSSR count). The van der Waals surface area contributed by atoms with Gasteiger partial charge in [0.2, 0.25) is 0 Å². The first-order chi connectivity index (χ1) is 8.16. The molecular formula is C12H17N3O2. The zero-order valence-corrected chi connectivity index (χ0v) is 9.96. The lowest BCUT2D eigenvalue weighted by Crippen LogP contribution is -2.33. The summed E-state index contributed by atoms with van der Waals surface area (Å²) in [6.07, 6.45) is 6.01. The van der Waals surface area contributed by atoms with E-state index in [1.165, 1.54) is 12.6 Å². The molecule has 0 bridgehead atoms. The second-order valence-corrected chi connectivity index (χ2v) is 4.63. The van der Waals surface area contributed by atoms with Crippen molar-refractivity contribution >= 4 is 5.97 Å². The van der Waals surface area contributed by atoms with Gasteiger partial charge in [-0.05, 0) is 38.8 Å². The molecule has 0 spiro atoms. The van der Waals surface area contributed by atoms with Gasteiger partial charge in [0.05, 0.1) is 5.69 Å². The summed E-state index contributed by atoms with van der Waals surface area (Å²) in [4.78, 5) is 21.3. The fourth-order valence-electron chi connectivity index (χ4n) is 2.41. The molecule has 2 heterocycles. The molecule has 1 saturated heterocycles. The second-order valence-electron chi connectivity index (χ2n) is 4.63. The number of hydrogen-bond acceptors (Lipinski definition) is 4. The van der Waals surface area contributed by atoms with Gasteiger partial charge in [-0.25, -0.2) is 9.78 Å². The number of nitrogens with zero attached hydrogens (tertiary/aromatic N) is 3. The summed E-state index contributed by atoms with van der Waals surface area (Å²) in [5, 5.41) is 9.03. The van der Waals surface area contributed by atoms with E-state index in [9.17, 15) is 4.79 Å². The van der Waals surface area contributed by atoms with Crippen molar-refractivity contribution in [3.8, 4) is 0 Å². The lowest BCUT2D eigenvalue weighted by atomic mass is 9.93. The molecular weight excluding hydrogens is 218 g/mol. The molecule has 1 N–H and O–H groups in total. The molecule has 1 aliphatic rings. The minimum absolute atomic E-state index is 0.0979. The molecule has 0 aliphatic carbocycles. The van der Waals surface area contributed by atoms with Crippen LogP contribution in [0.5, 0.6) is 0 Å². The Balaban J connectivity index is 2.10. The first-order valence-corrected chi connectivity index (χ1v) is 5.88. The van der Waals surface area contributed by atoms with Crippen molar-refractivity contribution in [1.29, 1.82) is 0 Å². The van der Waals surface area contributed by atoms with Crippen LogP contribution in [-0.2, 0) is 6.42 Å². The number of likely N-dealkylation sites (tertiary alicyclic amines) is 1. The molecule has 92 valence electrons. The fraction of sp³-hybridized carbons (Fsp3) is 0.583. The Morgan fingerprint density at radius 1 is 1.53 bits per heavy atom. The van der Waals surface area contributed by atoms with E-state index in [-0.39, 0.29) is 5.69 Å². The maximum absolute atomic E-state index is 11.0. The molecule has 17 heavy (non-hydrogen) atoms. The van der Waals surface area contributed by atoms with Gasteiger partial charge in [0, 0.05) is 18.9 Å². The highest BCUT2D eigenvalue weighted by Crippen LogP contribution is 2.19. The summed E-state index contributed by atoms with van der Waals surface area (Å²) in [5.41, 5.74) is 0.709. The van der Waals surface area contributed by atoms with Gasteiger partial charge >= 0.3 is 5.97 Å². The van der Waals surface area contributed by atoms with Gasteiger partial charge in [-0.15, -0.1) is 0 Å². The van der Waals surface area contributed by atoms with Crippen molar-refractivity contribution in [3.63, 3.8) is 0 Å². The zero-order valence-electron chi connectivity index (χ0n) is 9.96. The van der Waals surface area contributed by atoms with E-state index < -0.39 is 5.97 Å². The van der Waals surface area contributed by atoms with Crippen LogP contribution in [0.4, 0.5) is 0 Å². The Morgan fingerprint density at radius 3 is 3.00 bits per heavy atom. The first-order valence-electron chi connectivity index (χ1n) is 5.88. The molecule has 1 aliphatic heterocycles. The third kappa shape index (κ3) is 3.00. The SMILES string of the molecule is CN1CCCC(Cc2nccnc2C(=O)O)C1. The van der Waals surface area contributed by atoms with E-state index in [2.05, 4.69) is 21.9 Å². The van der Waals surface area contributed by atoms with E-state index in [0.717, 1.165) is 19.5 Å².